The van der Waals surface area contributed by atoms with E-state index in [0.29, 0.717) is 32.2 Å². The molecule has 1 saturated carbocycles. The highest BCUT2D eigenvalue weighted by atomic mass is 28.4. The van der Waals surface area contributed by atoms with Crippen molar-refractivity contribution in [1.82, 2.24) is 0 Å². The monoisotopic (exact) mass is 523 g/mol. The molecule has 1 rings (SSSR count). The molecule has 206 valence electrons. The van der Waals surface area contributed by atoms with Crippen molar-refractivity contribution in [3.63, 3.8) is 0 Å². The Hall–Kier alpha value is -1.70. The fourth-order valence-corrected chi connectivity index (χ4v) is 6.38. The number of carbonyl (C=O) groups is 3. The van der Waals surface area contributed by atoms with Gasteiger partial charge in [-0.15, -0.1) is 0 Å². The normalized spacial score (nSPS) is 24.5. The smallest absolute Gasteiger partial charge is 0.306 e. The fourth-order valence-electron chi connectivity index (χ4n) is 5.00. The van der Waals surface area contributed by atoms with Crippen LogP contribution in [-0.4, -0.2) is 45.6 Å². The van der Waals surface area contributed by atoms with Crippen LogP contribution in [0.2, 0.25) is 18.1 Å². The molecule has 0 aromatic carbocycles. The molecular formula is C27H49N3O5Si. The van der Waals surface area contributed by atoms with E-state index >= 15 is 0 Å². The molecule has 0 spiro atoms. The molecule has 0 unspecified atom stereocenters. The van der Waals surface area contributed by atoms with Gasteiger partial charge in [0, 0.05) is 29.6 Å². The number of ketones is 2. The lowest BCUT2D eigenvalue weighted by Gasteiger charge is -2.48. The molecule has 0 heterocycles. The minimum absolute atomic E-state index is 0.0538. The van der Waals surface area contributed by atoms with Crippen molar-refractivity contribution in [2.75, 3.05) is 13.7 Å². The van der Waals surface area contributed by atoms with Crippen LogP contribution in [0.25, 0.3) is 10.4 Å². The molecule has 8 nitrogen and oxygen atoms in total. The minimum atomic E-state index is -2.01. The van der Waals surface area contributed by atoms with E-state index < -0.39 is 19.1 Å². The molecule has 0 saturated heterocycles. The third-order valence-corrected chi connectivity index (χ3v) is 13.5. The van der Waals surface area contributed by atoms with Crippen molar-refractivity contribution < 1.29 is 23.5 Å². The first kappa shape index (κ1) is 32.3. The van der Waals surface area contributed by atoms with Crippen LogP contribution in [-0.2, 0) is 23.5 Å². The van der Waals surface area contributed by atoms with E-state index in [4.69, 9.17) is 14.7 Å². The Balaban J connectivity index is 2.73. The second kappa shape index (κ2) is 13.2. The lowest BCUT2D eigenvalue weighted by atomic mass is 9.54. The number of methoxy groups -OCH3 is 1. The van der Waals surface area contributed by atoms with Gasteiger partial charge in [0.2, 0.25) is 0 Å². The summed E-state index contributed by atoms with van der Waals surface area (Å²) in [5.74, 6) is 0.128. The Morgan fingerprint density at radius 1 is 1.22 bits per heavy atom. The predicted molar refractivity (Wildman–Crippen MR) is 145 cm³/mol. The van der Waals surface area contributed by atoms with Gasteiger partial charge in [0.05, 0.1) is 26.2 Å². The van der Waals surface area contributed by atoms with Gasteiger partial charge in [0.25, 0.3) is 0 Å². The summed E-state index contributed by atoms with van der Waals surface area (Å²) in [6, 6.07) is 0. The average molecular weight is 524 g/mol. The number of azide groups is 1. The van der Waals surface area contributed by atoms with Crippen LogP contribution in [0, 0.1) is 16.7 Å². The molecule has 0 aromatic heterocycles. The topological polar surface area (TPSA) is 118 Å². The van der Waals surface area contributed by atoms with Crippen molar-refractivity contribution in [2.24, 2.45) is 21.9 Å². The Morgan fingerprint density at radius 2 is 1.86 bits per heavy atom. The van der Waals surface area contributed by atoms with E-state index in [1.165, 1.54) is 7.11 Å². The summed E-state index contributed by atoms with van der Waals surface area (Å²) < 4.78 is 11.4. The molecule has 36 heavy (non-hydrogen) atoms. The summed E-state index contributed by atoms with van der Waals surface area (Å²) in [7, 11) is -0.644. The molecule has 0 radical (unpaired) electrons. The molecule has 0 N–H and O–H groups in total. The van der Waals surface area contributed by atoms with Crippen molar-refractivity contribution in [2.45, 2.75) is 124 Å². The van der Waals surface area contributed by atoms with Crippen LogP contribution in [0.5, 0.6) is 0 Å². The van der Waals surface area contributed by atoms with Gasteiger partial charge in [-0.3, -0.25) is 14.4 Å². The predicted octanol–water partition coefficient (Wildman–Crippen LogP) is 7.17. The third-order valence-electron chi connectivity index (χ3n) is 8.92. The summed E-state index contributed by atoms with van der Waals surface area (Å²) in [6.45, 7) is 17.2. The van der Waals surface area contributed by atoms with E-state index in [1.807, 2.05) is 13.8 Å². The lowest BCUT2D eigenvalue weighted by molar-refractivity contribution is -0.152. The number of Topliss-reactive ketones (excluding diaryl/α,β-unsaturated/α-hetero) is 2. The number of hydrogen-bond acceptors (Lipinski definition) is 6. The number of hydrogen-bond donors (Lipinski definition) is 0. The zero-order chi connectivity index (χ0) is 27.8. The van der Waals surface area contributed by atoms with Gasteiger partial charge in [-0.2, -0.15) is 0 Å². The SMILES string of the molecule is COC(=O)C[C@@]1(C)CCCC(=O)[C@@]1(C)CCC(=O)C[C@@H](C)CC[C@H](CN=[N+]=[N-])O[Si](C)(C)C(C)(C)C. The molecule has 1 aliphatic carbocycles. The Morgan fingerprint density at radius 3 is 2.42 bits per heavy atom. The maximum absolute atomic E-state index is 13.0. The largest absolute Gasteiger partial charge is 0.469 e. The maximum atomic E-state index is 13.0. The quantitative estimate of drug-likeness (QED) is 0.0786. The van der Waals surface area contributed by atoms with Crippen molar-refractivity contribution in [1.29, 1.82) is 0 Å². The van der Waals surface area contributed by atoms with Crippen molar-refractivity contribution >= 4 is 25.9 Å². The van der Waals surface area contributed by atoms with Gasteiger partial charge in [-0.05, 0) is 67.1 Å². The second-order valence-corrected chi connectivity index (χ2v) is 17.5. The van der Waals surface area contributed by atoms with Crippen LogP contribution in [0.1, 0.15) is 99.3 Å². The zero-order valence-corrected chi connectivity index (χ0v) is 25.1. The van der Waals surface area contributed by atoms with E-state index in [1.54, 1.807) is 0 Å². The van der Waals surface area contributed by atoms with Gasteiger partial charge in [0.1, 0.15) is 11.6 Å². The van der Waals surface area contributed by atoms with Crippen LogP contribution < -0.4 is 0 Å². The Labute approximate surface area is 219 Å². The molecule has 1 aliphatic rings. The number of carbonyl (C=O) groups excluding carboxylic acids is 3. The van der Waals surface area contributed by atoms with Gasteiger partial charge in [-0.1, -0.05) is 46.7 Å². The lowest BCUT2D eigenvalue weighted by Crippen LogP contribution is -2.48. The number of ether oxygens (including phenoxy) is 1. The van der Waals surface area contributed by atoms with Gasteiger partial charge < -0.3 is 9.16 Å². The highest BCUT2D eigenvalue weighted by molar-refractivity contribution is 6.74. The molecular weight excluding hydrogens is 474 g/mol. The van der Waals surface area contributed by atoms with E-state index in [0.717, 1.165) is 25.7 Å². The molecule has 0 aromatic rings. The summed E-state index contributed by atoms with van der Waals surface area (Å²) in [5.41, 5.74) is 7.58. The van der Waals surface area contributed by atoms with Crippen LogP contribution >= 0.6 is 0 Å². The Bertz CT molecular complexity index is 834. The standard InChI is InChI=1S/C27H49N3O5Si/c1-20(12-13-22(19-29-30-28)35-36(8,9)25(2,3)4)17-21(31)14-16-27(6)23(32)11-10-15-26(27,5)18-24(33)34-7/h20,22H,10-19H2,1-9H3/t20-,22+,26+,27+/m0/s1. The van der Waals surface area contributed by atoms with E-state index in [9.17, 15) is 14.4 Å². The van der Waals surface area contributed by atoms with Gasteiger partial charge >= 0.3 is 5.97 Å². The summed E-state index contributed by atoms with van der Waals surface area (Å²) in [6.07, 6.45) is 4.82. The number of esters is 1. The molecule has 0 aliphatic heterocycles. The number of nitrogens with zero attached hydrogens (tertiary/aromatic N) is 3. The molecule has 0 bridgehead atoms. The number of rotatable bonds is 14. The highest BCUT2D eigenvalue weighted by Gasteiger charge is 2.52. The fraction of sp³-hybridized carbons (Fsp3) is 0.889. The van der Waals surface area contributed by atoms with Crippen LogP contribution in [0.4, 0.5) is 0 Å². The molecule has 9 heteroatoms. The molecule has 1 fully saturated rings. The van der Waals surface area contributed by atoms with Crippen molar-refractivity contribution in [3.05, 3.63) is 10.4 Å². The molecule has 4 atom stereocenters. The average Bonchev–Trinajstić information content (AvgIpc) is 2.77. The van der Waals surface area contributed by atoms with Gasteiger partial charge in [0.15, 0.2) is 8.32 Å². The van der Waals surface area contributed by atoms with Gasteiger partial charge in [-0.25, -0.2) is 0 Å². The highest BCUT2D eigenvalue weighted by Crippen LogP contribution is 2.53. The minimum Gasteiger partial charge on any atom is -0.469 e. The van der Waals surface area contributed by atoms with Crippen LogP contribution in [0.15, 0.2) is 5.11 Å². The first-order chi connectivity index (χ1) is 16.5. The maximum Gasteiger partial charge on any atom is 0.306 e. The Kier molecular flexibility index (Phi) is 11.9. The van der Waals surface area contributed by atoms with E-state index in [-0.39, 0.29) is 41.0 Å². The second-order valence-electron chi connectivity index (χ2n) is 12.8. The zero-order valence-electron chi connectivity index (χ0n) is 24.1. The summed E-state index contributed by atoms with van der Waals surface area (Å²) >= 11 is 0. The van der Waals surface area contributed by atoms with Crippen molar-refractivity contribution in [3.8, 4) is 0 Å². The van der Waals surface area contributed by atoms with E-state index in [2.05, 4.69) is 50.8 Å². The molecule has 0 amide bonds. The summed E-state index contributed by atoms with van der Waals surface area (Å²) in [4.78, 5) is 40.9. The van der Waals surface area contributed by atoms with Crippen LogP contribution in [0.3, 0.4) is 0 Å². The first-order valence-electron chi connectivity index (χ1n) is 13.3. The third kappa shape index (κ3) is 8.70. The summed E-state index contributed by atoms with van der Waals surface area (Å²) in [5, 5.41) is 3.81. The first-order valence-corrected chi connectivity index (χ1v) is 16.2.